The Morgan fingerprint density at radius 2 is 1.52 bits per heavy atom. The zero-order chi connectivity index (χ0) is 43.9. The highest BCUT2D eigenvalue weighted by Crippen LogP contribution is 2.30. The van der Waals surface area contributed by atoms with E-state index in [1.165, 1.54) is 4.90 Å². The molecule has 0 aromatic heterocycles. The summed E-state index contributed by atoms with van der Waals surface area (Å²) >= 11 is 0. The number of Topliss-reactive ketones (excluding diaryl/α,β-unsaturated/α-hetero) is 1. The van der Waals surface area contributed by atoms with Crippen molar-refractivity contribution in [1.82, 2.24) is 26.2 Å². The predicted octanol–water partition coefficient (Wildman–Crippen LogP) is 3.84. The number of nitrogens with zero attached hydrogens (tertiary/aromatic N) is 1. The minimum absolute atomic E-state index is 0.0604. The van der Waals surface area contributed by atoms with E-state index < -0.39 is 78.2 Å². The Kier molecular flexibility index (Phi) is 17.2. The molecule has 0 bridgehead atoms. The molecule has 1 aliphatic heterocycles. The van der Waals surface area contributed by atoms with Crippen molar-refractivity contribution in [1.29, 1.82) is 0 Å². The predicted molar refractivity (Wildman–Crippen MR) is 228 cm³/mol. The minimum Gasteiger partial charge on any atom is -0.449 e. The maximum atomic E-state index is 14.6. The number of carbonyl (C=O) groups excluding carboxylic acids is 7. The van der Waals surface area contributed by atoms with E-state index in [4.69, 9.17) is 15.2 Å². The topological polar surface area (TPSA) is 215 Å². The highest BCUT2D eigenvalue weighted by Gasteiger charge is 2.45. The number of alkyl carbamates (subject to hydrolysis) is 1. The summed E-state index contributed by atoms with van der Waals surface area (Å²) in [7, 11) is 0. The smallest absolute Gasteiger partial charge is 0.407 e. The molecule has 1 heterocycles. The number of hydrogen-bond donors (Lipinski definition) is 5. The van der Waals surface area contributed by atoms with E-state index in [0.29, 0.717) is 19.3 Å². The summed E-state index contributed by atoms with van der Waals surface area (Å²) in [4.78, 5) is 95.1. The fourth-order valence-electron chi connectivity index (χ4n) is 7.94. The van der Waals surface area contributed by atoms with Gasteiger partial charge in [0.05, 0.1) is 31.9 Å². The van der Waals surface area contributed by atoms with Crippen molar-refractivity contribution < 1.29 is 43.0 Å². The van der Waals surface area contributed by atoms with Gasteiger partial charge in [-0.15, -0.1) is 0 Å². The molecule has 5 rings (SSSR count). The second kappa shape index (κ2) is 22.7. The summed E-state index contributed by atoms with van der Waals surface area (Å²) in [6, 6.07) is 18.4. The fraction of sp³-hybridized carbons (Fsp3) is 0.500. The summed E-state index contributed by atoms with van der Waals surface area (Å²) in [6.45, 7) is 5.45. The number of hydrogen-bond acceptors (Lipinski definition) is 9. The quantitative estimate of drug-likeness (QED) is 0.104. The van der Waals surface area contributed by atoms with Crippen LogP contribution in [0.4, 0.5) is 4.79 Å². The first-order valence-electron chi connectivity index (χ1n) is 21.4. The molecule has 6 N–H and O–H groups in total. The lowest BCUT2D eigenvalue weighted by atomic mass is 9.83. The van der Waals surface area contributed by atoms with Crippen molar-refractivity contribution >= 4 is 52.2 Å². The summed E-state index contributed by atoms with van der Waals surface area (Å²) in [5, 5.41) is 12.3. The summed E-state index contributed by atoms with van der Waals surface area (Å²) in [5.41, 5.74) is 7.28. The Morgan fingerprint density at radius 3 is 2.21 bits per heavy atom. The van der Waals surface area contributed by atoms with Crippen molar-refractivity contribution in [3.63, 3.8) is 0 Å². The van der Waals surface area contributed by atoms with Crippen LogP contribution < -0.4 is 27.0 Å². The molecule has 3 aromatic carbocycles. The third-order valence-electron chi connectivity index (χ3n) is 11.2. The lowest BCUT2D eigenvalue weighted by Gasteiger charge is -2.34. The molecule has 3 aromatic rings. The highest BCUT2D eigenvalue weighted by molar-refractivity contribution is 6.38. The van der Waals surface area contributed by atoms with Crippen molar-refractivity contribution in [3.05, 3.63) is 83.9 Å². The number of nitrogens with one attached hydrogen (secondary N) is 4. The second-order valence-electron chi connectivity index (χ2n) is 16.5. The van der Waals surface area contributed by atoms with Gasteiger partial charge >= 0.3 is 6.09 Å². The SMILES string of the molecule is CCCC(NC(=O)[C@@H]1C[C@@H](OCc2ccccc2)CN1C(=O)C(NC(=O)OCC(C)C)C1CCCCC1)C(=O)C(=O)NCC(=O)NC(Cc1ccc2ccccc2c1)C(N)=O. The Morgan fingerprint density at radius 1 is 0.820 bits per heavy atom. The Balaban J connectivity index is 1.25. The van der Waals surface area contributed by atoms with Crippen molar-refractivity contribution in [2.75, 3.05) is 19.7 Å². The molecule has 1 saturated heterocycles. The number of amides is 6. The number of primary amides is 1. The summed E-state index contributed by atoms with van der Waals surface area (Å²) in [6.07, 6.45) is 3.72. The van der Waals surface area contributed by atoms with Crippen molar-refractivity contribution in [3.8, 4) is 0 Å². The van der Waals surface area contributed by atoms with Gasteiger partial charge in [0.2, 0.25) is 29.4 Å². The molecule has 15 nitrogen and oxygen atoms in total. The van der Waals surface area contributed by atoms with Crippen LogP contribution in [0.3, 0.4) is 0 Å². The largest absolute Gasteiger partial charge is 0.449 e. The molecule has 2 aliphatic rings. The van der Waals surface area contributed by atoms with Crippen LogP contribution in [-0.2, 0) is 51.3 Å². The third-order valence-corrected chi connectivity index (χ3v) is 11.2. The fourth-order valence-corrected chi connectivity index (χ4v) is 7.94. The monoisotopic (exact) mass is 840 g/mol. The van der Waals surface area contributed by atoms with E-state index >= 15 is 0 Å². The van der Waals surface area contributed by atoms with Crippen LogP contribution in [0.5, 0.6) is 0 Å². The molecule has 1 saturated carbocycles. The zero-order valence-corrected chi connectivity index (χ0v) is 35.4. The Labute approximate surface area is 357 Å². The molecule has 2 fully saturated rings. The van der Waals surface area contributed by atoms with Gasteiger partial charge in [-0.3, -0.25) is 28.8 Å². The van der Waals surface area contributed by atoms with E-state index in [1.807, 2.05) is 86.6 Å². The van der Waals surface area contributed by atoms with Gasteiger partial charge in [-0.2, -0.15) is 0 Å². The molecule has 15 heteroatoms. The molecule has 5 atom stereocenters. The van der Waals surface area contributed by atoms with E-state index in [1.54, 1.807) is 6.92 Å². The number of ketones is 1. The number of rotatable bonds is 20. The van der Waals surface area contributed by atoms with Gasteiger partial charge in [0, 0.05) is 19.4 Å². The van der Waals surface area contributed by atoms with Crippen LogP contribution in [0, 0.1) is 11.8 Å². The van der Waals surface area contributed by atoms with Crippen LogP contribution in [0.25, 0.3) is 10.8 Å². The lowest BCUT2D eigenvalue weighted by molar-refractivity contribution is -0.143. The minimum atomic E-state index is -1.27. The van der Waals surface area contributed by atoms with E-state index in [0.717, 1.165) is 41.2 Å². The number of likely N-dealkylation sites (tertiary alicyclic amines) is 1. The molecule has 0 radical (unpaired) electrons. The molecule has 328 valence electrons. The average Bonchev–Trinajstić information content (AvgIpc) is 3.70. The standard InChI is InChI=1S/C46H60N6O9/c1-4-13-36(41(54)44(57)48-25-39(53)49-37(42(47)55)23-31-20-21-32-16-11-12-19-34(32)22-31)50-43(56)38-24-35(60-28-30-14-7-5-8-15-30)26-52(38)45(58)40(33-17-9-6-10-18-33)51-46(59)61-27-29(2)3/h5,7-8,11-12,14-16,19-22,29,33,35-38,40H,4,6,9-10,13,17-18,23-28H2,1-3H3,(H2,47,55)(H,48,57)(H,49,53)(H,50,56)(H,51,59)/t35-,36?,37?,38+,40?/m1/s1. The number of ether oxygens (including phenoxy) is 2. The number of nitrogens with two attached hydrogens (primary N) is 1. The first-order chi connectivity index (χ1) is 29.3. The molecule has 6 amide bonds. The first-order valence-corrected chi connectivity index (χ1v) is 21.4. The van der Waals surface area contributed by atoms with E-state index in [-0.39, 0.29) is 50.9 Å². The van der Waals surface area contributed by atoms with Gasteiger partial charge in [-0.25, -0.2) is 4.79 Å². The normalized spacial score (nSPS) is 18.1. The van der Waals surface area contributed by atoms with Gasteiger partial charge in [-0.05, 0) is 53.0 Å². The Hall–Kier alpha value is -5.83. The third kappa shape index (κ3) is 13.6. The van der Waals surface area contributed by atoms with Crippen LogP contribution in [0.2, 0.25) is 0 Å². The second-order valence-corrected chi connectivity index (χ2v) is 16.5. The molecular weight excluding hydrogens is 781 g/mol. The van der Waals surface area contributed by atoms with Crippen LogP contribution in [-0.4, -0.2) is 96.3 Å². The van der Waals surface area contributed by atoms with Crippen LogP contribution >= 0.6 is 0 Å². The van der Waals surface area contributed by atoms with Crippen molar-refractivity contribution in [2.24, 2.45) is 17.6 Å². The lowest BCUT2D eigenvalue weighted by Crippen LogP contribution is -2.58. The van der Waals surface area contributed by atoms with E-state index in [2.05, 4.69) is 21.3 Å². The average molecular weight is 841 g/mol. The van der Waals surface area contributed by atoms with Gasteiger partial charge in [0.25, 0.3) is 5.91 Å². The maximum absolute atomic E-state index is 14.6. The number of fused-ring (bicyclic) bond motifs is 1. The van der Waals surface area contributed by atoms with Gasteiger partial charge in [0.15, 0.2) is 0 Å². The van der Waals surface area contributed by atoms with Crippen LogP contribution in [0.1, 0.15) is 83.3 Å². The zero-order valence-electron chi connectivity index (χ0n) is 35.4. The first kappa shape index (κ1) is 46.2. The molecule has 1 aliphatic carbocycles. The summed E-state index contributed by atoms with van der Waals surface area (Å²) < 4.78 is 11.6. The molecule has 61 heavy (non-hydrogen) atoms. The van der Waals surface area contributed by atoms with Gasteiger partial charge in [0.1, 0.15) is 18.1 Å². The van der Waals surface area contributed by atoms with Crippen LogP contribution in [0.15, 0.2) is 72.8 Å². The number of benzene rings is 3. The van der Waals surface area contributed by atoms with E-state index in [9.17, 15) is 33.6 Å². The molecular formula is C46H60N6O9. The van der Waals surface area contributed by atoms with Gasteiger partial charge in [-0.1, -0.05) is 119 Å². The maximum Gasteiger partial charge on any atom is 0.407 e. The summed E-state index contributed by atoms with van der Waals surface area (Å²) in [5.74, 6) is -4.78. The van der Waals surface area contributed by atoms with Crippen molar-refractivity contribution in [2.45, 2.75) is 115 Å². The molecule has 3 unspecified atom stereocenters. The molecule has 0 spiro atoms. The number of carbonyl (C=O) groups is 7. The van der Waals surface area contributed by atoms with Gasteiger partial charge < -0.3 is 41.4 Å². The highest BCUT2D eigenvalue weighted by atomic mass is 16.5. The Bertz CT molecular complexity index is 2000.